The van der Waals surface area contributed by atoms with E-state index in [1.807, 2.05) is 91.0 Å². The van der Waals surface area contributed by atoms with Crippen LogP contribution in [-0.4, -0.2) is 19.9 Å². The van der Waals surface area contributed by atoms with E-state index in [1.165, 1.54) is 0 Å². The zero-order chi connectivity index (χ0) is 30.9. The van der Waals surface area contributed by atoms with Crippen molar-refractivity contribution in [2.45, 2.75) is 0 Å². The van der Waals surface area contributed by atoms with Crippen molar-refractivity contribution in [2.75, 3.05) is 0 Å². The van der Waals surface area contributed by atoms with Gasteiger partial charge in [0.2, 0.25) is 0 Å². The highest BCUT2D eigenvalue weighted by atomic mass is 14.9. The Labute approximate surface area is 266 Å². The molecule has 8 aromatic rings. The molecule has 0 saturated carbocycles. The molecule has 46 heavy (non-hydrogen) atoms. The van der Waals surface area contributed by atoms with E-state index in [-0.39, 0.29) is 0 Å². The predicted molar refractivity (Wildman–Crippen MR) is 185 cm³/mol. The van der Waals surface area contributed by atoms with Gasteiger partial charge in [-0.15, -0.1) is 0 Å². The lowest BCUT2D eigenvalue weighted by Gasteiger charge is -2.15. The first-order valence-electron chi connectivity index (χ1n) is 15.0. The van der Waals surface area contributed by atoms with Gasteiger partial charge in [0.1, 0.15) is 0 Å². The normalized spacial score (nSPS) is 11.0. The standard InChI is InChI=1S/C41H25N5/c42-26-27-12-11-17-30(24-27)39-40(44-36-21-10-9-20-35(36)43-39)33-22-23-34(32-19-8-7-18-31(32)33)41-45-37(28-13-3-1-4-14-28)25-38(46-41)29-15-5-2-6-16-29/h1-25H. The smallest absolute Gasteiger partial charge is 0.161 e. The van der Waals surface area contributed by atoms with Gasteiger partial charge in [-0.1, -0.05) is 115 Å². The Morgan fingerprint density at radius 2 is 0.935 bits per heavy atom. The highest BCUT2D eigenvalue weighted by Crippen LogP contribution is 2.39. The lowest BCUT2D eigenvalue weighted by atomic mass is 9.94. The van der Waals surface area contributed by atoms with Crippen LogP contribution in [0.15, 0.2) is 152 Å². The average molecular weight is 588 g/mol. The molecule has 0 amide bonds. The average Bonchev–Trinajstić information content (AvgIpc) is 3.14. The third-order valence-corrected chi connectivity index (χ3v) is 8.12. The number of benzene rings is 6. The van der Waals surface area contributed by atoms with Gasteiger partial charge in [0.15, 0.2) is 5.82 Å². The first-order chi connectivity index (χ1) is 22.7. The molecular weight excluding hydrogens is 562 g/mol. The fourth-order valence-corrected chi connectivity index (χ4v) is 5.91. The van der Waals surface area contributed by atoms with Crippen molar-refractivity contribution in [3.8, 4) is 62.5 Å². The van der Waals surface area contributed by atoms with Crippen molar-refractivity contribution in [2.24, 2.45) is 0 Å². The second-order valence-electron chi connectivity index (χ2n) is 11.0. The second-order valence-corrected chi connectivity index (χ2v) is 11.0. The van der Waals surface area contributed by atoms with Gasteiger partial charge in [0, 0.05) is 27.8 Å². The van der Waals surface area contributed by atoms with Crippen LogP contribution in [0, 0.1) is 11.3 Å². The van der Waals surface area contributed by atoms with E-state index >= 15 is 0 Å². The summed E-state index contributed by atoms with van der Waals surface area (Å²) < 4.78 is 0. The lowest BCUT2D eigenvalue weighted by molar-refractivity contribution is 1.19. The minimum Gasteiger partial charge on any atom is -0.244 e. The summed E-state index contributed by atoms with van der Waals surface area (Å²) in [6, 6.07) is 52.6. The van der Waals surface area contributed by atoms with Crippen molar-refractivity contribution in [3.05, 3.63) is 157 Å². The van der Waals surface area contributed by atoms with Gasteiger partial charge in [-0.3, -0.25) is 0 Å². The summed E-state index contributed by atoms with van der Waals surface area (Å²) in [5.74, 6) is 0.648. The minimum absolute atomic E-state index is 0.572. The van der Waals surface area contributed by atoms with Crippen LogP contribution in [0.2, 0.25) is 0 Å². The Hall–Kier alpha value is -6.51. The summed E-state index contributed by atoms with van der Waals surface area (Å²) >= 11 is 0. The molecule has 0 spiro atoms. The molecule has 0 unspecified atom stereocenters. The van der Waals surface area contributed by atoms with Crippen LogP contribution in [0.1, 0.15) is 5.56 Å². The maximum atomic E-state index is 9.63. The molecule has 0 radical (unpaired) electrons. The topological polar surface area (TPSA) is 75.3 Å². The van der Waals surface area contributed by atoms with Crippen molar-refractivity contribution < 1.29 is 0 Å². The zero-order valence-electron chi connectivity index (χ0n) is 24.7. The number of nitrogens with zero attached hydrogens (tertiary/aromatic N) is 5. The van der Waals surface area contributed by atoms with Crippen LogP contribution in [0.4, 0.5) is 0 Å². The fraction of sp³-hybridized carbons (Fsp3) is 0. The number of fused-ring (bicyclic) bond motifs is 2. The SMILES string of the molecule is N#Cc1cccc(-c2nc3ccccc3nc2-c2ccc(-c3nc(-c4ccccc4)cc(-c4ccccc4)n3)c3ccccc23)c1. The van der Waals surface area contributed by atoms with Gasteiger partial charge >= 0.3 is 0 Å². The molecule has 2 heterocycles. The third kappa shape index (κ3) is 4.94. The number of para-hydroxylation sites is 2. The summed E-state index contributed by atoms with van der Waals surface area (Å²) in [5.41, 5.74) is 10.1. The van der Waals surface area contributed by atoms with Crippen LogP contribution >= 0.6 is 0 Å². The van der Waals surface area contributed by atoms with Crippen LogP contribution in [0.25, 0.3) is 78.2 Å². The van der Waals surface area contributed by atoms with E-state index in [4.69, 9.17) is 19.9 Å². The first kappa shape index (κ1) is 27.1. The van der Waals surface area contributed by atoms with Gasteiger partial charge in [0.05, 0.1) is 45.4 Å². The molecule has 5 nitrogen and oxygen atoms in total. The molecule has 0 aliphatic carbocycles. The Balaban J connectivity index is 1.37. The highest BCUT2D eigenvalue weighted by Gasteiger charge is 2.19. The summed E-state index contributed by atoms with van der Waals surface area (Å²) in [7, 11) is 0. The summed E-state index contributed by atoms with van der Waals surface area (Å²) in [4.78, 5) is 20.5. The van der Waals surface area contributed by atoms with E-state index in [0.29, 0.717) is 11.4 Å². The zero-order valence-corrected chi connectivity index (χ0v) is 24.7. The number of hydrogen-bond acceptors (Lipinski definition) is 5. The quantitative estimate of drug-likeness (QED) is 0.200. The predicted octanol–water partition coefficient (Wildman–Crippen LogP) is 9.78. The van der Waals surface area contributed by atoms with Crippen LogP contribution in [-0.2, 0) is 0 Å². The third-order valence-electron chi connectivity index (χ3n) is 8.12. The minimum atomic E-state index is 0.572. The monoisotopic (exact) mass is 587 g/mol. The molecule has 0 atom stereocenters. The Bertz CT molecular complexity index is 2370. The summed E-state index contributed by atoms with van der Waals surface area (Å²) in [6.07, 6.45) is 0. The van der Waals surface area contributed by atoms with Crippen LogP contribution in [0.5, 0.6) is 0 Å². The first-order valence-corrected chi connectivity index (χ1v) is 15.0. The molecule has 0 N–H and O–H groups in total. The van der Waals surface area contributed by atoms with Crippen molar-refractivity contribution in [1.82, 2.24) is 19.9 Å². The Kier molecular flexibility index (Phi) is 6.79. The van der Waals surface area contributed by atoms with Gasteiger partial charge in [-0.05, 0) is 47.2 Å². The molecule has 2 aromatic heterocycles. The van der Waals surface area contributed by atoms with Gasteiger partial charge in [0.25, 0.3) is 0 Å². The van der Waals surface area contributed by atoms with E-state index in [0.717, 1.165) is 72.4 Å². The number of rotatable bonds is 5. The molecule has 0 aliphatic heterocycles. The molecule has 0 bridgehead atoms. The maximum absolute atomic E-state index is 9.63. The van der Waals surface area contributed by atoms with Crippen LogP contribution < -0.4 is 0 Å². The molecule has 8 rings (SSSR count). The fourth-order valence-electron chi connectivity index (χ4n) is 5.91. The van der Waals surface area contributed by atoms with Gasteiger partial charge < -0.3 is 0 Å². The summed E-state index contributed by atoms with van der Waals surface area (Å²) in [5, 5.41) is 11.7. The molecule has 0 fully saturated rings. The molecule has 6 aromatic carbocycles. The molecule has 0 aliphatic rings. The molecular formula is C41H25N5. The van der Waals surface area contributed by atoms with E-state index < -0.39 is 0 Å². The van der Waals surface area contributed by atoms with Crippen LogP contribution in [0.3, 0.4) is 0 Å². The Morgan fingerprint density at radius 3 is 1.57 bits per heavy atom. The van der Waals surface area contributed by atoms with Crippen molar-refractivity contribution in [3.63, 3.8) is 0 Å². The number of nitriles is 1. The molecule has 214 valence electrons. The number of hydrogen-bond donors (Lipinski definition) is 0. The van der Waals surface area contributed by atoms with Crippen molar-refractivity contribution in [1.29, 1.82) is 5.26 Å². The van der Waals surface area contributed by atoms with E-state index in [9.17, 15) is 5.26 Å². The largest absolute Gasteiger partial charge is 0.244 e. The van der Waals surface area contributed by atoms with Crippen molar-refractivity contribution >= 4 is 21.8 Å². The molecule has 5 heteroatoms. The van der Waals surface area contributed by atoms with Gasteiger partial charge in [-0.25, -0.2) is 19.9 Å². The second kappa shape index (κ2) is 11.5. The highest BCUT2D eigenvalue weighted by molar-refractivity contribution is 6.06. The summed E-state index contributed by atoms with van der Waals surface area (Å²) in [6.45, 7) is 0. The maximum Gasteiger partial charge on any atom is 0.161 e. The lowest BCUT2D eigenvalue weighted by Crippen LogP contribution is -1.99. The van der Waals surface area contributed by atoms with E-state index in [1.54, 1.807) is 6.07 Å². The van der Waals surface area contributed by atoms with E-state index in [2.05, 4.69) is 60.7 Å². The van der Waals surface area contributed by atoms with Gasteiger partial charge in [-0.2, -0.15) is 5.26 Å². The Morgan fingerprint density at radius 1 is 0.413 bits per heavy atom. The number of aromatic nitrogens is 4. The molecule has 0 saturated heterocycles.